The van der Waals surface area contributed by atoms with Crippen molar-refractivity contribution in [2.45, 2.75) is 18.4 Å². The fourth-order valence-electron chi connectivity index (χ4n) is 2.31. The third kappa shape index (κ3) is 3.32. The number of carbonyl (C=O) groups excluding carboxylic acids is 1. The molecule has 0 amide bonds. The highest BCUT2D eigenvalue weighted by atomic mass is 16.4. The first-order valence-corrected chi connectivity index (χ1v) is 6.56. The Kier molecular flexibility index (Phi) is 4.27. The number of aliphatic hydroxyl groups is 1. The van der Waals surface area contributed by atoms with Gasteiger partial charge in [0.05, 0.1) is 6.42 Å². The van der Waals surface area contributed by atoms with E-state index in [4.69, 9.17) is 5.11 Å². The molecule has 1 aliphatic heterocycles. The fraction of sp³-hybridized carbons (Fsp3) is 0.267. The SMILES string of the molecule is O=C(O)C(=O)CC(O)(CC1=CNC2=CC1C=CC=C2)C(=O)O. The van der Waals surface area contributed by atoms with Crippen LogP contribution in [0.3, 0.4) is 0 Å². The minimum atomic E-state index is -2.46. The lowest BCUT2D eigenvalue weighted by molar-refractivity contribution is -0.163. The second-order valence-corrected chi connectivity index (χ2v) is 5.17. The van der Waals surface area contributed by atoms with Crippen LogP contribution in [0.25, 0.3) is 0 Å². The normalized spacial score (nSPS) is 21.8. The molecule has 7 heteroatoms. The lowest BCUT2D eigenvalue weighted by atomic mass is 9.83. The van der Waals surface area contributed by atoms with Crippen molar-refractivity contribution >= 4 is 17.7 Å². The Morgan fingerprint density at radius 1 is 1.23 bits per heavy atom. The summed E-state index contributed by atoms with van der Waals surface area (Å²) in [5.41, 5.74) is -1.08. The van der Waals surface area contributed by atoms with E-state index in [0.29, 0.717) is 5.57 Å². The first-order chi connectivity index (χ1) is 10.3. The lowest BCUT2D eigenvalue weighted by Gasteiger charge is -2.27. The zero-order chi connectivity index (χ0) is 16.3. The summed E-state index contributed by atoms with van der Waals surface area (Å²) in [4.78, 5) is 33.2. The van der Waals surface area contributed by atoms with Crippen molar-refractivity contribution in [1.29, 1.82) is 0 Å². The van der Waals surface area contributed by atoms with Gasteiger partial charge < -0.3 is 20.6 Å². The molecule has 2 rings (SSSR count). The minimum absolute atomic E-state index is 0.225. The molecule has 4 N–H and O–H groups in total. The van der Waals surface area contributed by atoms with Crippen molar-refractivity contribution in [3.63, 3.8) is 0 Å². The van der Waals surface area contributed by atoms with Crippen molar-refractivity contribution in [3.8, 4) is 0 Å². The summed E-state index contributed by atoms with van der Waals surface area (Å²) in [7, 11) is 0. The standard InChI is InChI=1S/C15H15NO6/c17-12(13(18)19)7-15(22,14(20)21)6-10-8-16-11-4-2-1-3-9(10)5-11/h1-5,8-9,16,22H,6-7H2,(H,18,19)(H,20,21). The molecule has 0 aromatic carbocycles. The van der Waals surface area contributed by atoms with E-state index in [2.05, 4.69) is 5.32 Å². The van der Waals surface area contributed by atoms with Crippen LogP contribution in [0.2, 0.25) is 0 Å². The Morgan fingerprint density at radius 2 is 1.95 bits per heavy atom. The van der Waals surface area contributed by atoms with E-state index in [9.17, 15) is 24.6 Å². The number of hydrogen-bond donors (Lipinski definition) is 4. The van der Waals surface area contributed by atoms with Gasteiger partial charge in [-0.2, -0.15) is 0 Å². The van der Waals surface area contributed by atoms with Gasteiger partial charge in [-0.15, -0.1) is 0 Å². The van der Waals surface area contributed by atoms with Gasteiger partial charge in [0, 0.05) is 24.2 Å². The predicted octanol–water partition coefficient (Wildman–Crippen LogP) is 0.349. The number of Topliss-reactive ketones (excluding diaryl/α,β-unsaturated/α-hetero) is 1. The first-order valence-electron chi connectivity index (χ1n) is 6.56. The summed E-state index contributed by atoms with van der Waals surface area (Å²) in [6.45, 7) is 0. The average molecular weight is 305 g/mol. The molecule has 0 spiro atoms. The van der Waals surface area contributed by atoms with Crippen LogP contribution >= 0.6 is 0 Å². The number of aliphatic carboxylic acids is 2. The Hall–Kier alpha value is -2.67. The van der Waals surface area contributed by atoms with Crippen molar-refractivity contribution < 1.29 is 29.7 Å². The van der Waals surface area contributed by atoms with Crippen LogP contribution in [0.4, 0.5) is 0 Å². The number of carbonyl (C=O) groups is 3. The van der Waals surface area contributed by atoms with Gasteiger partial charge >= 0.3 is 11.9 Å². The van der Waals surface area contributed by atoms with Crippen molar-refractivity contribution in [1.82, 2.24) is 5.32 Å². The van der Waals surface area contributed by atoms with Crippen molar-refractivity contribution in [3.05, 3.63) is 47.9 Å². The number of nitrogens with one attached hydrogen (secondary N) is 1. The summed E-state index contributed by atoms with van der Waals surface area (Å²) in [5, 5.41) is 30.9. The lowest BCUT2D eigenvalue weighted by Crippen LogP contribution is -2.43. The zero-order valence-corrected chi connectivity index (χ0v) is 11.5. The molecule has 2 unspecified atom stereocenters. The third-order valence-corrected chi connectivity index (χ3v) is 3.50. The Labute approximate surface area is 125 Å². The fourth-order valence-corrected chi connectivity index (χ4v) is 2.31. The van der Waals surface area contributed by atoms with Gasteiger partial charge in [-0.05, 0) is 17.7 Å². The summed E-state index contributed by atoms with van der Waals surface area (Å²) in [5.74, 6) is -4.97. The third-order valence-electron chi connectivity index (χ3n) is 3.50. The van der Waals surface area contributed by atoms with Gasteiger partial charge in [-0.25, -0.2) is 9.59 Å². The summed E-state index contributed by atoms with van der Waals surface area (Å²) in [6, 6.07) is 0. The number of carboxylic acid groups (broad SMARTS) is 2. The maximum atomic E-state index is 11.3. The quantitative estimate of drug-likeness (QED) is 0.522. The Balaban J connectivity index is 2.20. The van der Waals surface area contributed by atoms with E-state index in [1.165, 1.54) is 0 Å². The first kappa shape index (κ1) is 15.7. The molecule has 116 valence electrons. The molecule has 0 fully saturated rings. The van der Waals surface area contributed by atoms with E-state index in [1.807, 2.05) is 24.3 Å². The van der Waals surface area contributed by atoms with Crippen LogP contribution in [-0.4, -0.2) is 38.6 Å². The number of allylic oxidation sites excluding steroid dienone is 5. The Morgan fingerprint density at radius 3 is 2.59 bits per heavy atom. The molecule has 1 heterocycles. The molecule has 0 saturated carbocycles. The monoisotopic (exact) mass is 305 g/mol. The second-order valence-electron chi connectivity index (χ2n) is 5.17. The van der Waals surface area contributed by atoms with E-state index >= 15 is 0 Å². The highest BCUT2D eigenvalue weighted by Crippen LogP contribution is 2.31. The molecule has 7 nitrogen and oxygen atoms in total. The molecule has 0 aromatic heterocycles. The predicted molar refractivity (Wildman–Crippen MR) is 75.5 cm³/mol. The smallest absolute Gasteiger partial charge is 0.372 e. The van der Waals surface area contributed by atoms with E-state index < -0.39 is 29.7 Å². The van der Waals surface area contributed by atoms with Crippen LogP contribution in [-0.2, 0) is 14.4 Å². The summed E-state index contributed by atoms with van der Waals surface area (Å²) in [6.07, 6.45) is 9.33. The maximum absolute atomic E-state index is 11.3. The van der Waals surface area contributed by atoms with Gasteiger partial charge in [0.15, 0.2) is 5.60 Å². The van der Waals surface area contributed by atoms with Crippen LogP contribution in [0.1, 0.15) is 12.8 Å². The van der Waals surface area contributed by atoms with Gasteiger partial charge in [-0.3, -0.25) is 4.79 Å². The van der Waals surface area contributed by atoms with E-state index in [1.54, 1.807) is 12.3 Å². The Bertz CT molecular complexity index is 642. The minimum Gasteiger partial charge on any atom is -0.479 e. The van der Waals surface area contributed by atoms with Gasteiger partial charge in [-0.1, -0.05) is 18.2 Å². The summed E-state index contributed by atoms with van der Waals surface area (Å²) < 4.78 is 0. The number of carboxylic acids is 2. The van der Waals surface area contributed by atoms with Gasteiger partial charge in [0.25, 0.3) is 0 Å². The van der Waals surface area contributed by atoms with Gasteiger partial charge in [0.1, 0.15) is 0 Å². The highest BCUT2D eigenvalue weighted by molar-refractivity contribution is 6.33. The molecule has 0 radical (unpaired) electrons. The topological polar surface area (TPSA) is 124 Å². The average Bonchev–Trinajstić information content (AvgIpc) is 2.64. The van der Waals surface area contributed by atoms with Crippen molar-refractivity contribution in [2.75, 3.05) is 0 Å². The highest BCUT2D eigenvalue weighted by Gasteiger charge is 2.41. The van der Waals surface area contributed by atoms with Crippen molar-refractivity contribution in [2.24, 2.45) is 5.92 Å². The van der Waals surface area contributed by atoms with Crippen LogP contribution in [0, 0.1) is 5.92 Å². The molecule has 0 saturated heterocycles. The summed E-state index contributed by atoms with van der Waals surface area (Å²) >= 11 is 0. The zero-order valence-electron chi connectivity index (χ0n) is 11.5. The number of rotatable bonds is 6. The van der Waals surface area contributed by atoms with E-state index in [-0.39, 0.29) is 12.3 Å². The largest absolute Gasteiger partial charge is 0.479 e. The molecule has 22 heavy (non-hydrogen) atoms. The molecule has 2 atom stereocenters. The van der Waals surface area contributed by atoms with Crippen LogP contribution in [0.15, 0.2) is 47.9 Å². The molecule has 2 aliphatic rings. The van der Waals surface area contributed by atoms with Crippen LogP contribution in [0.5, 0.6) is 0 Å². The molecular formula is C15H15NO6. The van der Waals surface area contributed by atoms with E-state index in [0.717, 1.165) is 5.70 Å². The number of fused-ring (bicyclic) bond motifs is 1. The number of dihydropyridines is 1. The van der Waals surface area contributed by atoms with Crippen LogP contribution < -0.4 is 5.32 Å². The number of hydrogen-bond acceptors (Lipinski definition) is 5. The van der Waals surface area contributed by atoms with Gasteiger partial charge in [0.2, 0.25) is 5.78 Å². The molecular weight excluding hydrogens is 290 g/mol. The maximum Gasteiger partial charge on any atom is 0.372 e. The second kappa shape index (κ2) is 5.98. The molecule has 0 aromatic rings. The molecule has 1 aliphatic carbocycles. The molecule has 2 bridgehead atoms. The number of ketones is 1.